The maximum absolute atomic E-state index is 7.05. The molecule has 0 amide bonds. The zero-order chi connectivity index (χ0) is 39.7. The molecule has 7 aromatic carbocycles. The molecule has 9 aromatic rings. The summed E-state index contributed by atoms with van der Waals surface area (Å²) in [5.74, 6) is 3.56. The van der Waals surface area contributed by atoms with Crippen molar-refractivity contribution in [2.24, 2.45) is 0 Å². The Balaban J connectivity index is 1.11. The quantitative estimate of drug-likeness (QED) is 0.175. The third kappa shape index (κ3) is 5.46. The number of hydrogen-bond acceptors (Lipinski definition) is 5. The highest BCUT2D eigenvalue weighted by molar-refractivity contribution is 5.91. The van der Waals surface area contributed by atoms with Crippen molar-refractivity contribution < 1.29 is 4.74 Å². The molecule has 0 N–H and O–H groups in total. The standard InChI is InChI=1S/C54H38N4O/c1-33-32-55-34(2)29-45(33)41-19-9-7-18-40(41)37-25-27-48-51(31-37)59-50-28-26-38(30-49(50)54(48)46-23-13-11-20-42(46)43-21-12-14-24-47(43)54)52-56-35(3)57-53(58-52)44-22-10-8-17-39(44)36-15-5-4-6-16-36/h4-32H,1-3H3. The van der Waals surface area contributed by atoms with Crippen LogP contribution in [0.25, 0.3) is 67.3 Å². The van der Waals surface area contributed by atoms with Crippen LogP contribution in [0.15, 0.2) is 176 Å². The van der Waals surface area contributed by atoms with Gasteiger partial charge in [0.1, 0.15) is 17.3 Å². The third-order valence-electron chi connectivity index (χ3n) is 12.0. The molecule has 0 radical (unpaired) electrons. The first kappa shape index (κ1) is 34.7. The van der Waals surface area contributed by atoms with Crippen LogP contribution in [-0.2, 0) is 5.41 Å². The maximum Gasteiger partial charge on any atom is 0.164 e. The fourth-order valence-electron chi connectivity index (χ4n) is 9.38. The van der Waals surface area contributed by atoms with Gasteiger partial charge in [0, 0.05) is 34.1 Å². The van der Waals surface area contributed by atoms with Crippen LogP contribution in [0.4, 0.5) is 0 Å². The lowest BCUT2D eigenvalue weighted by Crippen LogP contribution is -2.32. The summed E-state index contributed by atoms with van der Waals surface area (Å²) in [6.45, 7) is 6.11. The van der Waals surface area contributed by atoms with Gasteiger partial charge in [0.2, 0.25) is 0 Å². The minimum absolute atomic E-state index is 0.618. The van der Waals surface area contributed by atoms with Crippen molar-refractivity contribution in [2.45, 2.75) is 26.2 Å². The number of rotatable bonds is 5. The van der Waals surface area contributed by atoms with E-state index in [1.165, 1.54) is 33.4 Å². The van der Waals surface area contributed by atoms with Crippen LogP contribution < -0.4 is 4.74 Å². The van der Waals surface area contributed by atoms with Gasteiger partial charge in [-0.25, -0.2) is 15.0 Å². The zero-order valence-corrected chi connectivity index (χ0v) is 32.9. The predicted molar refractivity (Wildman–Crippen MR) is 236 cm³/mol. The van der Waals surface area contributed by atoms with E-state index in [1.54, 1.807) is 0 Å². The van der Waals surface area contributed by atoms with Gasteiger partial charge in [-0.3, -0.25) is 4.98 Å². The van der Waals surface area contributed by atoms with Crippen LogP contribution >= 0.6 is 0 Å². The summed E-state index contributed by atoms with van der Waals surface area (Å²) >= 11 is 0. The van der Waals surface area contributed by atoms with Crippen molar-refractivity contribution in [1.82, 2.24) is 19.9 Å². The molecule has 1 aliphatic carbocycles. The Morgan fingerprint density at radius 1 is 0.390 bits per heavy atom. The second kappa shape index (κ2) is 13.6. The van der Waals surface area contributed by atoms with Gasteiger partial charge in [-0.05, 0) is 112 Å². The lowest BCUT2D eigenvalue weighted by atomic mass is 9.65. The first-order chi connectivity index (χ1) is 29.0. The van der Waals surface area contributed by atoms with E-state index in [0.29, 0.717) is 17.5 Å². The van der Waals surface area contributed by atoms with E-state index in [2.05, 4.69) is 170 Å². The van der Waals surface area contributed by atoms with Crippen LogP contribution in [-0.4, -0.2) is 19.9 Å². The Morgan fingerprint density at radius 2 is 0.983 bits per heavy atom. The highest BCUT2D eigenvalue weighted by Gasteiger charge is 2.51. The summed E-state index contributed by atoms with van der Waals surface area (Å²) in [7, 11) is 0. The highest BCUT2D eigenvalue weighted by Crippen LogP contribution is 2.62. The SMILES string of the molecule is Cc1cc(-c2ccccc2-c2ccc3c(c2)Oc2ccc(-c4nc(C)nc(-c5ccccc5-c5ccccc5)n4)cc2C32c3ccccc3-c3ccccc32)c(C)cn1. The van der Waals surface area contributed by atoms with Crippen molar-refractivity contribution in [1.29, 1.82) is 0 Å². The number of aryl methyl sites for hydroxylation is 3. The van der Waals surface area contributed by atoms with E-state index in [4.69, 9.17) is 19.7 Å². The Morgan fingerprint density at radius 3 is 1.71 bits per heavy atom. The molecule has 280 valence electrons. The molecule has 0 saturated heterocycles. The number of fused-ring (bicyclic) bond motifs is 9. The van der Waals surface area contributed by atoms with Crippen LogP contribution in [0.5, 0.6) is 11.5 Å². The number of hydrogen-bond donors (Lipinski definition) is 0. The Bertz CT molecular complexity index is 3090. The number of benzene rings is 7. The average molecular weight is 759 g/mol. The molecule has 0 fully saturated rings. The molecule has 2 aromatic heterocycles. The summed E-state index contributed by atoms with van der Waals surface area (Å²) in [5.41, 5.74) is 17.2. The highest BCUT2D eigenvalue weighted by atomic mass is 16.5. The van der Waals surface area contributed by atoms with Crippen LogP contribution in [0.1, 0.15) is 39.3 Å². The Hall–Kier alpha value is -7.50. The molecule has 0 unspecified atom stereocenters. The van der Waals surface area contributed by atoms with Gasteiger partial charge < -0.3 is 4.74 Å². The van der Waals surface area contributed by atoms with Crippen molar-refractivity contribution >= 4 is 0 Å². The lowest BCUT2D eigenvalue weighted by molar-refractivity contribution is 0.436. The van der Waals surface area contributed by atoms with Gasteiger partial charge >= 0.3 is 0 Å². The minimum atomic E-state index is -0.659. The summed E-state index contributed by atoms with van der Waals surface area (Å²) in [5, 5.41) is 0. The van der Waals surface area contributed by atoms with E-state index < -0.39 is 5.41 Å². The van der Waals surface area contributed by atoms with E-state index in [0.717, 1.165) is 67.3 Å². The summed E-state index contributed by atoms with van der Waals surface area (Å²) in [4.78, 5) is 19.6. The molecule has 11 rings (SSSR count). The first-order valence-electron chi connectivity index (χ1n) is 20.0. The van der Waals surface area contributed by atoms with Crippen LogP contribution in [0, 0.1) is 20.8 Å². The monoisotopic (exact) mass is 758 g/mol. The zero-order valence-electron chi connectivity index (χ0n) is 32.9. The second-order valence-electron chi connectivity index (χ2n) is 15.5. The van der Waals surface area contributed by atoms with Crippen LogP contribution in [0.3, 0.4) is 0 Å². The van der Waals surface area contributed by atoms with Gasteiger partial charge in [-0.1, -0.05) is 140 Å². The van der Waals surface area contributed by atoms with Crippen molar-refractivity contribution in [2.75, 3.05) is 0 Å². The van der Waals surface area contributed by atoms with E-state index in [1.807, 2.05) is 32.2 Å². The summed E-state index contributed by atoms with van der Waals surface area (Å²) < 4.78 is 7.05. The van der Waals surface area contributed by atoms with Gasteiger partial charge in [0.05, 0.1) is 5.41 Å². The summed E-state index contributed by atoms with van der Waals surface area (Å²) in [6.07, 6.45) is 1.96. The topological polar surface area (TPSA) is 60.8 Å². The number of pyridine rings is 1. The fourth-order valence-corrected chi connectivity index (χ4v) is 9.38. The van der Waals surface area contributed by atoms with Gasteiger partial charge in [-0.2, -0.15) is 0 Å². The normalized spacial score (nSPS) is 12.9. The van der Waals surface area contributed by atoms with Gasteiger partial charge in [0.25, 0.3) is 0 Å². The maximum atomic E-state index is 7.05. The molecule has 3 heterocycles. The Labute approximate surface area is 343 Å². The molecule has 0 saturated carbocycles. The molecular formula is C54H38N4O. The lowest BCUT2D eigenvalue weighted by Gasteiger charge is -2.39. The molecule has 1 aliphatic heterocycles. The minimum Gasteiger partial charge on any atom is -0.457 e. The van der Waals surface area contributed by atoms with Crippen molar-refractivity contribution in [3.63, 3.8) is 0 Å². The third-order valence-corrected chi connectivity index (χ3v) is 12.0. The second-order valence-corrected chi connectivity index (χ2v) is 15.5. The van der Waals surface area contributed by atoms with Crippen molar-refractivity contribution in [3.8, 4) is 78.8 Å². The number of nitrogens with zero attached hydrogens (tertiary/aromatic N) is 4. The van der Waals surface area contributed by atoms with Gasteiger partial charge in [-0.15, -0.1) is 0 Å². The van der Waals surface area contributed by atoms with Gasteiger partial charge in [0.15, 0.2) is 11.6 Å². The first-order valence-corrected chi connectivity index (χ1v) is 20.0. The predicted octanol–water partition coefficient (Wildman–Crippen LogP) is 13.0. The average Bonchev–Trinajstić information content (AvgIpc) is 3.57. The smallest absolute Gasteiger partial charge is 0.164 e. The number of aromatic nitrogens is 4. The molecular weight excluding hydrogens is 721 g/mol. The molecule has 59 heavy (non-hydrogen) atoms. The van der Waals surface area contributed by atoms with Crippen LogP contribution in [0.2, 0.25) is 0 Å². The molecule has 5 nitrogen and oxygen atoms in total. The fraction of sp³-hybridized carbons (Fsp3) is 0.0741. The van der Waals surface area contributed by atoms with E-state index in [9.17, 15) is 0 Å². The molecule has 2 aliphatic rings. The van der Waals surface area contributed by atoms with E-state index >= 15 is 0 Å². The Kier molecular flexibility index (Phi) is 7.99. The van der Waals surface area contributed by atoms with E-state index in [-0.39, 0.29) is 0 Å². The number of ether oxygens (including phenoxy) is 1. The molecule has 0 bridgehead atoms. The molecule has 0 atom stereocenters. The largest absolute Gasteiger partial charge is 0.457 e. The summed E-state index contributed by atoms with van der Waals surface area (Å²) in [6, 6.07) is 60.3. The molecule has 1 spiro atoms. The van der Waals surface area contributed by atoms with Crippen molar-refractivity contribution in [3.05, 3.63) is 215 Å². The molecule has 5 heteroatoms.